The molecular formula is C11H19N3O3S. The molecule has 7 heteroatoms. The molecule has 0 aliphatic heterocycles. The minimum atomic E-state index is -3.56. The van der Waals surface area contributed by atoms with E-state index in [9.17, 15) is 8.42 Å². The largest absolute Gasteiger partial charge is 0.384 e. The standard InChI is InChI=1S/C11H19N3O3S/c1-9(8-17-2)7-13-18(15,16)11-6-4-3-5-10(11)14-12/h3-6,9,13-14H,7-8,12H2,1-2H3. The summed E-state index contributed by atoms with van der Waals surface area (Å²) < 4.78 is 31.6. The lowest BCUT2D eigenvalue weighted by atomic mass is 10.2. The van der Waals surface area contributed by atoms with Gasteiger partial charge in [-0.1, -0.05) is 19.1 Å². The predicted molar refractivity (Wildman–Crippen MR) is 70.5 cm³/mol. The Kier molecular flexibility index (Phi) is 5.54. The highest BCUT2D eigenvalue weighted by Gasteiger charge is 2.18. The topological polar surface area (TPSA) is 93.4 Å². The maximum Gasteiger partial charge on any atom is 0.242 e. The number of sulfonamides is 1. The van der Waals surface area contributed by atoms with Crippen LogP contribution >= 0.6 is 0 Å². The Morgan fingerprint density at radius 3 is 2.67 bits per heavy atom. The molecule has 0 amide bonds. The highest BCUT2D eigenvalue weighted by atomic mass is 32.2. The number of para-hydroxylation sites is 1. The van der Waals surface area contributed by atoms with Crippen LogP contribution in [0.5, 0.6) is 0 Å². The Hall–Kier alpha value is -1.15. The first-order valence-electron chi connectivity index (χ1n) is 5.55. The SMILES string of the molecule is COCC(C)CNS(=O)(=O)c1ccccc1NN. The van der Waals surface area contributed by atoms with Crippen molar-refractivity contribution in [2.75, 3.05) is 25.7 Å². The van der Waals surface area contributed by atoms with E-state index in [-0.39, 0.29) is 10.8 Å². The van der Waals surface area contributed by atoms with Gasteiger partial charge in [0.25, 0.3) is 0 Å². The molecule has 0 fully saturated rings. The molecule has 1 unspecified atom stereocenters. The Morgan fingerprint density at radius 2 is 2.06 bits per heavy atom. The highest BCUT2D eigenvalue weighted by molar-refractivity contribution is 7.89. The number of methoxy groups -OCH3 is 1. The highest BCUT2D eigenvalue weighted by Crippen LogP contribution is 2.19. The Labute approximate surface area is 108 Å². The van der Waals surface area contributed by atoms with E-state index in [0.717, 1.165) is 0 Å². The fourth-order valence-corrected chi connectivity index (χ4v) is 2.83. The van der Waals surface area contributed by atoms with Gasteiger partial charge in [-0.15, -0.1) is 0 Å². The van der Waals surface area contributed by atoms with E-state index in [1.807, 2.05) is 6.92 Å². The van der Waals surface area contributed by atoms with Gasteiger partial charge >= 0.3 is 0 Å². The molecule has 0 aliphatic carbocycles. The van der Waals surface area contributed by atoms with Crippen LogP contribution in [0, 0.1) is 5.92 Å². The van der Waals surface area contributed by atoms with Gasteiger partial charge in [0.2, 0.25) is 10.0 Å². The van der Waals surface area contributed by atoms with Gasteiger partial charge in [-0.05, 0) is 18.1 Å². The second kappa shape index (κ2) is 6.69. The maximum atomic E-state index is 12.1. The molecule has 0 bridgehead atoms. The maximum absolute atomic E-state index is 12.1. The molecule has 18 heavy (non-hydrogen) atoms. The molecule has 4 N–H and O–H groups in total. The number of hydrogen-bond donors (Lipinski definition) is 3. The minimum Gasteiger partial charge on any atom is -0.384 e. The van der Waals surface area contributed by atoms with Crippen molar-refractivity contribution in [3.8, 4) is 0 Å². The first kappa shape index (κ1) is 14.9. The monoisotopic (exact) mass is 273 g/mol. The molecule has 0 saturated heterocycles. The van der Waals surface area contributed by atoms with Gasteiger partial charge in [-0.3, -0.25) is 5.84 Å². The van der Waals surface area contributed by atoms with E-state index in [1.54, 1.807) is 25.3 Å². The summed E-state index contributed by atoms with van der Waals surface area (Å²) in [6.45, 7) is 2.72. The van der Waals surface area contributed by atoms with Gasteiger partial charge < -0.3 is 10.2 Å². The van der Waals surface area contributed by atoms with Crippen molar-refractivity contribution in [2.45, 2.75) is 11.8 Å². The van der Waals surface area contributed by atoms with Crippen LogP contribution in [0.25, 0.3) is 0 Å². The van der Waals surface area contributed by atoms with Crippen molar-refractivity contribution in [3.63, 3.8) is 0 Å². The lowest BCUT2D eigenvalue weighted by molar-refractivity contribution is 0.161. The Morgan fingerprint density at radius 1 is 1.39 bits per heavy atom. The van der Waals surface area contributed by atoms with Crippen LogP contribution in [0.3, 0.4) is 0 Å². The second-order valence-electron chi connectivity index (χ2n) is 4.05. The van der Waals surface area contributed by atoms with Crippen LogP contribution in [0.4, 0.5) is 5.69 Å². The van der Waals surface area contributed by atoms with Crippen LogP contribution in [0.1, 0.15) is 6.92 Å². The zero-order valence-electron chi connectivity index (χ0n) is 10.5. The third-order valence-corrected chi connectivity index (χ3v) is 3.89. The lowest BCUT2D eigenvalue weighted by Gasteiger charge is -2.14. The van der Waals surface area contributed by atoms with E-state index in [4.69, 9.17) is 10.6 Å². The van der Waals surface area contributed by atoms with E-state index in [2.05, 4.69) is 10.1 Å². The summed E-state index contributed by atoms with van der Waals surface area (Å²) in [7, 11) is -1.98. The number of hydrogen-bond acceptors (Lipinski definition) is 5. The Bertz CT molecular complexity index is 476. The summed E-state index contributed by atoms with van der Waals surface area (Å²) in [5, 5.41) is 0. The summed E-state index contributed by atoms with van der Waals surface area (Å²) in [4.78, 5) is 0.136. The molecule has 0 aliphatic rings. The molecule has 0 aromatic heterocycles. The number of nitrogens with one attached hydrogen (secondary N) is 2. The number of hydrazine groups is 1. The van der Waals surface area contributed by atoms with Crippen molar-refractivity contribution in [2.24, 2.45) is 11.8 Å². The van der Waals surface area contributed by atoms with E-state index >= 15 is 0 Å². The van der Waals surface area contributed by atoms with Gasteiger partial charge in [0.15, 0.2) is 0 Å². The quantitative estimate of drug-likeness (QED) is 0.498. The number of rotatable bonds is 7. The molecule has 1 aromatic carbocycles. The number of nitrogen functional groups attached to an aromatic ring is 1. The van der Waals surface area contributed by atoms with E-state index in [0.29, 0.717) is 18.8 Å². The first-order valence-corrected chi connectivity index (χ1v) is 7.04. The van der Waals surface area contributed by atoms with Crippen molar-refractivity contribution in [1.29, 1.82) is 0 Å². The molecule has 0 saturated carbocycles. The first-order chi connectivity index (χ1) is 8.51. The third-order valence-electron chi connectivity index (χ3n) is 2.41. The summed E-state index contributed by atoms with van der Waals surface area (Å²) in [6, 6.07) is 6.46. The van der Waals surface area contributed by atoms with Crippen molar-refractivity contribution >= 4 is 15.7 Å². The summed E-state index contributed by atoms with van der Waals surface area (Å²) in [6.07, 6.45) is 0. The van der Waals surface area contributed by atoms with Crippen LogP contribution < -0.4 is 16.0 Å². The van der Waals surface area contributed by atoms with Crippen molar-refractivity contribution in [1.82, 2.24) is 4.72 Å². The van der Waals surface area contributed by atoms with E-state index in [1.165, 1.54) is 6.07 Å². The smallest absolute Gasteiger partial charge is 0.242 e. The number of nitrogens with two attached hydrogens (primary N) is 1. The van der Waals surface area contributed by atoms with Gasteiger partial charge in [0.05, 0.1) is 5.69 Å². The summed E-state index contributed by atoms with van der Waals surface area (Å²) >= 11 is 0. The zero-order valence-corrected chi connectivity index (χ0v) is 11.3. The fraction of sp³-hybridized carbons (Fsp3) is 0.455. The molecular weight excluding hydrogens is 254 g/mol. The summed E-state index contributed by atoms with van der Waals surface area (Å²) in [5.74, 6) is 5.39. The molecule has 1 atom stereocenters. The number of benzene rings is 1. The molecule has 1 aromatic rings. The van der Waals surface area contributed by atoms with Crippen LogP contribution in [-0.2, 0) is 14.8 Å². The third kappa shape index (κ3) is 3.95. The van der Waals surface area contributed by atoms with Gasteiger partial charge in [-0.2, -0.15) is 0 Å². The van der Waals surface area contributed by atoms with Crippen LogP contribution in [0.2, 0.25) is 0 Å². The van der Waals surface area contributed by atoms with Crippen LogP contribution in [-0.4, -0.2) is 28.7 Å². The molecule has 6 nitrogen and oxygen atoms in total. The lowest BCUT2D eigenvalue weighted by Crippen LogP contribution is -2.30. The average molecular weight is 273 g/mol. The predicted octanol–water partition coefficient (Wildman–Crippen LogP) is 0.533. The molecule has 1 rings (SSSR count). The molecule has 0 heterocycles. The fourth-order valence-electron chi connectivity index (χ4n) is 1.49. The van der Waals surface area contributed by atoms with Crippen molar-refractivity contribution < 1.29 is 13.2 Å². The van der Waals surface area contributed by atoms with Crippen molar-refractivity contribution in [3.05, 3.63) is 24.3 Å². The van der Waals surface area contributed by atoms with Crippen LogP contribution in [0.15, 0.2) is 29.2 Å². The molecule has 0 spiro atoms. The van der Waals surface area contributed by atoms with Gasteiger partial charge in [0.1, 0.15) is 4.90 Å². The summed E-state index contributed by atoms with van der Waals surface area (Å²) in [5.41, 5.74) is 2.74. The normalized spacial score (nSPS) is 13.3. The average Bonchev–Trinajstić information content (AvgIpc) is 2.37. The van der Waals surface area contributed by atoms with Gasteiger partial charge in [0, 0.05) is 20.3 Å². The zero-order chi connectivity index (χ0) is 13.6. The second-order valence-corrected chi connectivity index (χ2v) is 5.79. The number of anilines is 1. The number of ether oxygens (including phenoxy) is 1. The van der Waals surface area contributed by atoms with E-state index < -0.39 is 10.0 Å². The minimum absolute atomic E-state index is 0.0998. The Balaban J connectivity index is 2.80. The van der Waals surface area contributed by atoms with Gasteiger partial charge in [-0.25, -0.2) is 13.1 Å². The molecule has 102 valence electrons. The molecule has 0 radical (unpaired) electrons.